The fourth-order valence-electron chi connectivity index (χ4n) is 2.32. The first-order valence-electron chi connectivity index (χ1n) is 7.22. The number of nitrogens with zero attached hydrogens (tertiary/aromatic N) is 2. The summed E-state index contributed by atoms with van der Waals surface area (Å²) < 4.78 is 4.85. The number of nitrogens with one attached hydrogen (secondary N) is 1. The van der Waals surface area contributed by atoms with E-state index in [-0.39, 0.29) is 12.3 Å². The zero-order valence-corrected chi connectivity index (χ0v) is 12.8. The molecular formula is C17H15N3O3. The number of aromatic amines is 1. The fourth-order valence-corrected chi connectivity index (χ4v) is 2.32. The van der Waals surface area contributed by atoms with Gasteiger partial charge in [0.2, 0.25) is 11.1 Å². The third kappa shape index (κ3) is 2.83. The lowest BCUT2D eigenvalue weighted by atomic mass is 10.1. The second-order valence-corrected chi connectivity index (χ2v) is 5.10. The summed E-state index contributed by atoms with van der Waals surface area (Å²) in [5, 5.41) is 6.91. The van der Waals surface area contributed by atoms with E-state index in [0.717, 1.165) is 16.8 Å². The highest BCUT2D eigenvalue weighted by atomic mass is 16.5. The van der Waals surface area contributed by atoms with Crippen molar-refractivity contribution in [2.45, 2.75) is 13.8 Å². The van der Waals surface area contributed by atoms with Crippen LogP contribution < -0.4 is 5.43 Å². The molecule has 0 aliphatic carbocycles. The smallest absolute Gasteiger partial charge is 0.362 e. The molecule has 0 unspecified atom stereocenters. The largest absolute Gasteiger partial charge is 0.461 e. The summed E-state index contributed by atoms with van der Waals surface area (Å²) in [5.41, 5.74) is 2.50. The van der Waals surface area contributed by atoms with Crippen LogP contribution in [0.2, 0.25) is 0 Å². The van der Waals surface area contributed by atoms with Crippen LogP contribution >= 0.6 is 0 Å². The summed E-state index contributed by atoms with van der Waals surface area (Å²) in [6.07, 6.45) is 1.72. The Morgan fingerprint density at radius 3 is 2.83 bits per heavy atom. The van der Waals surface area contributed by atoms with E-state index in [9.17, 15) is 9.59 Å². The predicted octanol–water partition coefficient (Wildman–Crippen LogP) is 2.47. The normalized spacial score (nSPS) is 10.7. The summed E-state index contributed by atoms with van der Waals surface area (Å²) in [6.45, 7) is 3.84. The number of carbonyl (C=O) groups is 1. The Bertz CT molecular complexity index is 947. The molecule has 0 spiro atoms. The summed E-state index contributed by atoms with van der Waals surface area (Å²) in [4.78, 5) is 28.6. The Morgan fingerprint density at radius 1 is 1.26 bits per heavy atom. The van der Waals surface area contributed by atoms with Gasteiger partial charge in [0.15, 0.2) is 0 Å². The lowest BCUT2D eigenvalue weighted by Crippen LogP contribution is -2.21. The second kappa shape index (κ2) is 6.00. The Morgan fingerprint density at radius 2 is 2.09 bits per heavy atom. The fraction of sp³-hybridized carbons (Fsp3) is 0.176. The molecule has 0 radical (unpaired) electrons. The third-order valence-corrected chi connectivity index (χ3v) is 3.45. The molecule has 0 amide bonds. The van der Waals surface area contributed by atoms with Crippen LogP contribution in [0.1, 0.15) is 23.0 Å². The minimum atomic E-state index is -0.727. The van der Waals surface area contributed by atoms with Gasteiger partial charge in [-0.25, -0.2) is 4.79 Å². The Kier molecular flexibility index (Phi) is 3.89. The Hall–Kier alpha value is -3.02. The van der Waals surface area contributed by atoms with Gasteiger partial charge < -0.3 is 4.74 Å². The lowest BCUT2D eigenvalue weighted by molar-refractivity contribution is 0.0517. The van der Waals surface area contributed by atoms with Crippen molar-refractivity contribution in [2.24, 2.45) is 0 Å². The number of pyridine rings is 1. The van der Waals surface area contributed by atoms with Gasteiger partial charge in [0.05, 0.1) is 23.2 Å². The maximum absolute atomic E-state index is 12.5. The van der Waals surface area contributed by atoms with Crippen LogP contribution in [0.25, 0.3) is 22.2 Å². The Balaban J connectivity index is 2.16. The molecule has 0 fully saturated rings. The molecule has 3 aromatic rings. The maximum Gasteiger partial charge on any atom is 0.362 e. The number of benzene rings is 1. The molecule has 0 saturated heterocycles. The quantitative estimate of drug-likeness (QED) is 0.751. The van der Waals surface area contributed by atoms with E-state index in [1.54, 1.807) is 25.3 Å². The number of esters is 1. The monoisotopic (exact) mass is 309 g/mol. The van der Waals surface area contributed by atoms with Crippen LogP contribution in [-0.2, 0) is 4.74 Å². The summed E-state index contributed by atoms with van der Waals surface area (Å²) in [7, 11) is 0. The van der Waals surface area contributed by atoms with Crippen LogP contribution in [0.3, 0.4) is 0 Å². The average Bonchev–Trinajstić information content (AvgIpc) is 2.55. The van der Waals surface area contributed by atoms with Crippen molar-refractivity contribution in [3.63, 3.8) is 0 Å². The number of aromatic nitrogens is 3. The molecule has 6 nitrogen and oxygen atoms in total. The highest BCUT2D eigenvalue weighted by Gasteiger charge is 2.16. The van der Waals surface area contributed by atoms with Crippen LogP contribution in [-0.4, -0.2) is 27.8 Å². The SMILES string of the molecule is CCOC(=O)c1n[nH]c2ccc(-c3cc(C)ccn3)cc2c1=O. The molecule has 0 aliphatic heterocycles. The van der Waals surface area contributed by atoms with Gasteiger partial charge in [0.1, 0.15) is 0 Å². The molecule has 0 bridgehead atoms. The molecular weight excluding hydrogens is 294 g/mol. The molecule has 0 atom stereocenters. The van der Waals surface area contributed by atoms with E-state index in [1.165, 1.54) is 0 Å². The number of H-pyrrole nitrogens is 1. The van der Waals surface area contributed by atoms with Gasteiger partial charge in [0.25, 0.3) is 0 Å². The molecule has 6 heteroatoms. The standard InChI is InChI=1S/C17H15N3O3/c1-3-23-17(22)15-16(21)12-9-11(4-5-13(12)19-20-15)14-8-10(2)6-7-18-14/h4-9H,3H2,1-2H3,(H,19,21). The molecule has 23 heavy (non-hydrogen) atoms. The summed E-state index contributed by atoms with van der Waals surface area (Å²) >= 11 is 0. The highest BCUT2D eigenvalue weighted by molar-refractivity contribution is 5.92. The van der Waals surface area contributed by atoms with Gasteiger partial charge >= 0.3 is 5.97 Å². The molecule has 1 N–H and O–H groups in total. The van der Waals surface area contributed by atoms with Crippen LogP contribution in [0.4, 0.5) is 0 Å². The lowest BCUT2D eigenvalue weighted by Gasteiger charge is -2.05. The molecule has 2 aromatic heterocycles. The van der Waals surface area contributed by atoms with Gasteiger partial charge in [-0.2, -0.15) is 5.10 Å². The minimum Gasteiger partial charge on any atom is -0.461 e. The van der Waals surface area contributed by atoms with E-state index in [0.29, 0.717) is 10.9 Å². The van der Waals surface area contributed by atoms with Crippen molar-refractivity contribution in [3.8, 4) is 11.3 Å². The Labute approximate surface area is 132 Å². The van der Waals surface area contributed by atoms with Crippen LogP contribution in [0.15, 0.2) is 41.3 Å². The van der Waals surface area contributed by atoms with Gasteiger partial charge in [0, 0.05) is 11.8 Å². The molecule has 2 heterocycles. The van der Waals surface area contributed by atoms with Crippen molar-refractivity contribution in [2.75, 3.05) is 6.61 Å². The van der Waals surface area contributed by atoms with E-state index >= 15 is 0 Å². The van der Waals surface area contributed by atoms with Crippen molar-refractivity contribution < 1.29 is 9.53 Å². The predicted molar refractivity (Wildman–Crippen MR) is 86.3 cm³/mol. The summed E-state index contributed by atoms with van der Waals surface area (Å²) in [6, 6.07) is 9.15. The zero-order chi connectivity index (χ0) is 16.4. The average molecular weight is 309 g/mol. The number of fused-ring (bicyclic) bond motifs is 1. The minimum absolute atomic E-state index is 0.186. The number of ether oxygens (including phenoxy) is 1. The molecule has 0 aliphatic rings. The van der Waals surface area contributed by atoms with Gasteiger partial charge in [-0.15, -0.1) is 0 Å². The molecule has 116 valence electrons. The van der Waals surface area contributed by atoms with Crippen LogP contribution in [0.5, 0.6) is 0 Å². The number of aryl methyl sites for hydroxylation is 1. The maximum atomic E-state index is 12.5. The van der Waals surface area contributed by atoms with E-state index < -0.39 is 11.4 Å². The van der Waals surface area contributed by atoms with Crippen molar-refractivity contribution in [1.82, 2.24) is 15.2 Å². The van der Waals surface area contributed by atoms with Gasteiger partial charge in [-0.1, -0.05) is 6.07 Å². The van der Waals surface area contributed by atoms with E-state index in [1.807, 2.05) is 25.1 Å². The van der Waals surface area contributed by atoms with Crippen LogP contribution in [0, 0.1) is 6.92 Å². The molecule has 1 aromatic carbocycles. The van der Waals surface area contributed by atoms with Crippen molar-refractivity contribution >= 4 is 16.9 Å². The van der Waals surface area contributed by atoms with E-state index in [2.05, 4.69) is 15.2 Å². The van der Waals surface area contributed by atoms with Crippen molar-refractivity contribution in [1.29, 1.82) is 0 Å². The third-order valence-electron chi connectivity index (χ3n) is 3.45. The zero-order valence-electron chi connectivity index (χ0n) is 12.8. The van der Waals surface area contributed by atoms with Crippen molar-refractivity contribution in [3.05, 3.63) is 58.0 Å². The number of rotatable bonds is 3. The number of hydrogen-bond acceptors (Lipinski definition) is 5. The topological polar surface area (TPSA) is 84.9 Å². The number of carbonyl (C=O) groups excluding carboxylic acids is 1. The molecule has 3 rings (SSSR count). The summed E-state index contributed by atoms with van der Waals surface area (Å²) in [5.74, 6) is -0.727. The first-order chi connectivity index (χ1) is 11.1. The molecule has 0 saturated carbocycles. The highest BCUT2D eigenvalue weighted by Crippen LogP contribution is 2.21. The first-order valence-corrected chi connectivity index (χ1v) is 7.22. The second-order valence-electron chi connectivity index (χ2n) is 5.10. The van der Waals surface area contributed by atoms with Gasteiger partial charge in [-0.05, 0) is 43.7 Å². The first kappa shape index (κ1) is 14.9. The van der Waals surface area contributed by atoms with E-state index in [4.69, 9.17) is 4.74 Å². The van der Waals surface area contributed by atoms with Gasteiger partial charge in [-0.3, -0.25) is 14.9 Å². The number of hydrogen-bond donors (Lipinski definition) is 1.